The minimum Gasteiger partial charge on any atom is -0.393 e. The quantitative estimate of drug-likeness (QED) is 0.464. The average molecular weight is 588 g/mol. The molecule has 4 aliphatic carbocycles. The third kappa shape index (κ3) is 4.14. The zero-order chi connectivity index (χ0) is 30.3. The first-order valence-electron chi connectivity index (χ1n) is 15.5. The van der Waals surface area contributed by atoms with E-state index >= 15 is 0 Å². The number of hydrogen-bond acceptors (Lipinski definition) is 7. The summed E-state index contributed by atoms with van der Waals surface area (Å²) in [5.41, 5.74) is 1.27. The number of benzene rings is 1. The van der Waals surface area contributed by atoms with Crippen LogP contribution < -0.4 is 0 Å². The molecule has 1 aromatic carbocycles. The Balaban J connectivity index is 1.17. The molecule has 4 fully saturated rings. The smallest absolute Gasteiger partial charge is 0.193 e. The Kier molecular flexibility index (Phi) is 6.76. The summed E-state index contributed by atoms with van der Waals surface area (Å²) < 4.78 is 15.3. The number of ether oxygens (including phenoxy) is 2. The third-order valence-electron chi connectivity index (χ3n) is 11.6. The minimum atomic E-state index is -1.37. The first-order valence-corrected chi connectivity index (χ1v) is 15.5. The third-order valence-corrected chi connectivity index (χ3v) is 11.6. The van der Waals surface area contributed by atoms with E-state index in [0.29, 0.717) is 19.4 Å². The molecule has 3 N–H and O–H groups in total. The number of rotatable bonds is 6. The molecule has 0 spiro atoms. The Labute approximate surface area is 252 Å². The highest BCUT2D eigenvalue weighted by atomic mass is 16.7. The number of nitrogens with zero attached hydrogens (tertiary/aromatic N) is 1. The van der Waals surface area contributed by atoms with E-state index in [9.17, 15) is 24.9 Å². The van der Waals surface area contributed by atoms with Gasteiger partial charge in [-0.2, -0.15) is 0 Å². The van der Waals surface area contributed by atoms with Crippen molar-refractivity contribution in [3.63, 3.8) is 0 Å². The highest BCUT2D eigenvalue weighted by Gasteiger charge is 2.75. The van der Waals surface area contributed by atoms with Crippen LogP contribution in [0.15, 0.2) is 66.5 Å². The summed E-state index contributed by atoms with van der Waals surface area (Å²) in [5, 5.41) is 32.0. The lowest BCUT2D eigenvalue weighted by Gasteiger charge is -2.59. The second-order valence-corrected chi connectivity index (χ2v) is 13.9. The van der Waals surface area contributed by atoms with E-state index in [-0.39, 0.29) is 23.5 Å². The Bertz CT molecular complexity index is 1520. The maximum Gasteiger partial charge on any atom is 0.193 e. The standard InChI is InChI=1S/C35H41NO7/c1-20(38)22-6-4-5-21(13-22)17-36-12-10-23(18-36)32-42-30-15-27-26-8-7-24-14-25(39)9-11-33(24,2)31(26)28(40)16-34(27,3)35(30,43-32)29(41)19-37/h4-6,9-14,18,20,26-28,30-32,37-38,40H,7-8,15-17,19H2,1-3H3/t20-,26+,27+,28+,30-,31-,32-,33+,34+,35-/m1/s1. The number of aliphatic hydroxyl groups is 3. The lowest BCUT2D eigenvalue weighted by molar-refractivity contribution is -0.201. The molecule has 3 saturated carbocycles. The predicted molar refractivity (Wildman–Crippen MR) is 158 cm³/mol. The number of ketones is 2. The van der Waals surface area contributed by atoms with Gasteiger partial charge in [0.15, 0.2) is 23.5 Å². The van der Waals surface area contributed by atoms with Crippen molar-refractivity contribution < 1.29 is 34.4 Å². The van der Waals surface area contributed by atoms with Crippen molar-refractivity contribution in [2.24, 2.45) is 28.6 Å². The van der Waals surface area contributed by atoms with Crippen LogP contribution in [0.25, 0.3) is 0 Å². The lowest BCUT2D eigenvalue weighted by atomic mass is 9.46. The number of carbonyl (C=O) groups excluding carboxylic acids is 2. The van der Waals surface area contributed by atoms with Gasteiger partial charge in [-0.1, -0.05) is 49.8 Å². The van der Waals surface area contributed by atoms with Gasteiger partial charge in [0.2, 0.25) is 0 Å². The van der Waals surface area contributed by atoms with Crippen molar-refractivity contribution in [2.45, 2.75) is 83.2 Å². The minimum absolute atomic E-state index is 0.00101. The van der Waals surface area contributed by atoms with Gasteiger partial charge in [0.05, 0.1) is 18.3 Å². The second kappa shape index (κ2) is 10.1. The average Bonchev–Trinajstić information content (AvgIpc) is 3.65. The Morgan fingerprint density at radius 2 is 2.05 bits per heavy atom. The monoisotopic (exact) mass is 587 g/mol. The van der Waals surface area contributed by atoms with E-state index in [1.807, 2.05) is 60.3 Å². The van der Waals surface area contributed by atoms with Crippen molar-refractivity contribution in [3.8, 4) is 0 Å². The van der Waals surface area contributed by atoms with Gasteiger partial charge in [-0.3, -0.25) is 9.59 Å². The van der Waals surface area contributed by atoms with Crippen LogP contribution >= 0.6 is 0 Å². The number of aliphatic hydroxyl groups excluding tert-OH is 3. The van der Waals surface area contributed by atoms with Crippen LogP contribution in [0.1, 0.15) is 75.5 Å². The molecule has 7 rings (SSSR count). The molecule has 228 valence electrons. The number of aromatic nitrogens is 1. The summed E-state index contributed by atoms with van der Waals surface area (Å²) in [7, 11) is 0. The summed E-state index contributed by atoms with van der Waals surface area (Å²) in [4.78, 5) is 25.9. The summed E-state index contributed by atoms with van der Waals surface area (Å²) in [6.45, 7) is 5.86. The van der Waals surface area contributed by atoms with Gasteiger partial charge in [-0.05, 0) is 73.8 Å². The van der Waals surface area contributed by atoms with Crippen LogP contribution in [-0.2, 0) is 25.6 Å². The molecule has 2 heterocycles. The highest BCUT2D eigenvalue weighted by Crippen LogP contribution is 2.70. The fourth-order valence-corrected chi connectivity index (χ4v) is 9.69. The van der Waals surface area contributed by atoms with Crippen LogP contribution in [0.5, 0.6) is 0 Å². The molecular formula is C35H41NO7. The molecule has 8 nitrogen and oxygen atoms in total. The molecule has 43 heavy (non-hydrogen) atoms. The summed E-state index contributed by atoms with van der Waals surface area (Å²) in [6, 6.07) is 9.77. The van der Waals surface area contributed by atoms with Gasteiger partial charge >= 0.3 is 0 Å². The fraction of sp³-hybridized carbons (Fsp3) is 0.543. The molecule has 1 saturated heterocycles. The normalized spacial score (nSPS) is 40.3. The van der Waals surface area contributed by atoms with Crippen LogP contribution in [0, 0.1) is 28.6 Å². The molecule has 8 heteroatoms. The highest BCUT2D eigenvalue weighted by molar-refractivity contribution is 6.01. The van der Waals surface area contributed by atoms with Gasteiger partial charge < -0.3 is 29.4 Å². The van der Waals surface area contributed by atoms with Crippen molar-refractivity contribution in [1.29, 1.82) is 0 Å². The molecule has 2 aromatic rings. The van der Waals surface area contributed by atoms with Crippen molar-refractivity contribution in [1.82, 2.24) is 4.57 Å². The molecule has 1 aromatic heterocycles. The topological polar surface area (TPSA) is 118 Å². The molecular weight excluding hydrogens is 546 g/mol. The summed E-state index contributed by atoms with van der Waals surface area (Å²) in [5.74, 6) is -0.300. The molecule has 5 aliphatic rings. The van der Waals surface area contributed by atoms with E-state index in [1.165, 1.54) is 0 Å². The van der Waals surface area contributed by atoms with Crippen molar-refractivity contribution in [3.05, 3.63) is 83.2 Å². The predicted octanol–water partition coefficient (Wildman–Crippen LogP) is 4.19. The van der Waals surface area contributed by atoms with Gasteiger partial charge in [0, 0.05) is 41.2 Å². The van der Waals surface area contributed by atoms with Crippen molar-refractivity contribution in [2.75, 3.05) is 6.61 Å². The first kappa shape index (κ1) is 28.9. The van der Waals surface area contributed by atoms with Gasteiger partial charge in [-0.25, -0.2) is 0 Å². The van der Waals surface area contributed by atoms with Crippen LogP contribution in [0.3, 0.4) is 0 Å². The zero-order valence-electron chi connectivity index (χ0n) is 25.0. The van der Waals surface area contributed by atoms with E-state index < -0.39 is 53.4 Å². The zero-order valence-corrected chi connectivity index (χ0v) is 25.0. The van der Waals surface area contributed by atoms with E-state index in [0.717, 1.165) is 35.1 Å². The van der Waals surface area contributed by atoms with Crippen LogP contribution in [0.2, 0.25) is 0 Å². The lowest BCUT2D eigenvalue weighted by Crippen LogP contribution is -2.63. The number of carbonyl (C=O) groups is 2. The van der Waals surface area contributed by atoms with Crippen molar-refractivity contribution >= 4 is 11.6 Å². The fourth-order valence-electron chi connectivity index (χ4n) is 9.69. The summed E-state index contributed by atoms with van der Waals surface area (Å²) >= 11 is 0. The van der Waals surface area contributed by atoms with Crippen LogP contribution in [-0.4, -0.2) is 55.9 Å². The van der Waals surface area contributed by atoms with Gasteiger partial charge in [-0.15, -0.1) is 0 Å². The molecule has 10 atom stereocenters. The molecule has 0 bridgehead atoms. The maximum atomic E-state index is 13.8. The molecule has 0 unspecified atom stereocenters. The van der Waals surface area contributed by atoms with Gasteiger partial charge in [0.1, 0.15) is 6.61 Å². The number of fused-ring (bicyclic) bond motifs is 7. The molecule has 1 aliphatic heterocycles. The molecule has 0 radical (unpaired) electrons. The summed E-state index contributed by atoms with van der Waals surface area (Å²) in [6.07, 6.45) is 9.23. The number of hydrogen-bond donors (Lipinski definition) is 3. The molecule has 0 amide bonds. The van der Waals surface area contributed by atoms with E-state index in [4.69, 9.17) is 9.47 Å². The number of Topliss-reactive ketones (excluding diaryl/α,β-unsaturated/α-hetero) is 1. The largest absolute Gasteiger partial charge is 0.393 e. The number of allylic oxidation sites excluding steroid dienone is 4. The maximum absolute atomic E-state index is 13.8. The van der Waals surface area contributed by atoms with Crippen LogP contribution in [0.4, 0.5) is 0 Å². The Morgan fingerprint density at radius 1 is 1.23 bits per heavy atom. The first-order chi connectivity index (χ1) is 20.5. The van der Waals surface area contributed by atoms with E-state index in [1.54, 1.807) is 19.1 Å². The van der Waals surface area contributed by atoms with E-state index in [2.05, 4.69) is 6.92 Å². The van der Waals surface area contributed by atoms with Gasteiger partial charge in [0.25, 0.3) is 0 Å². The second-order valence-electron chi connectivity index (χ2n) is 13.9. The SMILES string of the molecule is C[C@@H](O)c1cccc(Cn2ccc([C@@H]3O[C@@H]4C[C@H]5[C@@H]6CCC7=CC(=O)C=C[C@]7(C)[C@H]6[C@@H](O)C[C@]5(C)[C@]4(C(=O)CO)O3)c2)c1. The Hall–Kier alpha value is -2.88. The Morgan fingerprint density at radius 3 is 2.81 bits per heavy atom.